The molecule has 2 rings (SSSR count). The van der Waals surface area contributed by atoms with Gasteiger partial charge in [-0.3, -0.25) is 10.1 Å². The zero-order valence-corrected chi connectivity index (χ0v) is 11.6. The molecule has 8 heteroatoms. The normalized spacial score (nSPS) is 11.0. The minimum Gasteiger partial charge on any atom is -0.258 e. The molecule has 4 nitrogen and oxygen atoms in total. The molecule has 0 heterocycles. The highest BCUT2D eigenvalue weighted by molar-refractivity contribution is 7.99. The molecule has 0 N–H and O–H groups in total. The zero-order chi connectivity index (χ0) is 16.3. The summed E-state index contributed by atoms with van der Waals surface area (Å²) < 4.78 is 38.6. The third kappa shape index (κ3) is 3.56. The number of nitriles is 1. The Hall–Kier alpha value is -2.53. The fraction of sp³-hybridized carbons (Fsp3) is 0.0714. The van der Waals surface area contributed by atoms with Crippen LogP contribution in [-0.2, 0) is 6.18 Å². The number of hydrogen-bond donors (Lipinski definition) is 0. The maximum absolute atomic E-state index is 12.9. The number of benzene rings is 2. The number of rotatable bonds is 3. The van der Waals surface area contributed by atoms with Crippen LogP contribution in [0.5, 0.6) is 0 Å². The van der Waals surface area contributed by atoms with E-state index in [1.165, 1.54) is 36.4 Å². The smallest absolute Gasteiger partial charge is 0.258 e. The van der Waals surface area contributed by atoms with Gasteiger partial charge in [0, 0.05) is 21.9 Å². The van der Waals surface area contributed by atoms with Crippen LogP contribution in [0.2, 0.25) is 0 Å². The first-order valence-corrected chi connectivity index (χ1v) is 6.66. The van der Waals surface area contributed by atoms with Gasteiger partial charge in [0.1, 0.15) is 0 Å². The van der Waals surface area contributed by atoms with E-state index < -0.39 is 22.2 Å². The second kappa shape index (κ2) is 6.07. The van der Waals surface area contributed by atoms with Crippen LogP contribution in [0.4, 0.5) is 18.9 Å². The van der Waals surface area contributed by atoms with E-state index in [1.807, 2.05) is 0 Å². The molecule has 0 fully saturated rings. The molecule has 2 aromatic rings. The molecule has 22 heavy (non-hydrogen) atoms. The highest BCUT2D eigenvalue weighted by Crippen LogP contribution is 2.36. The molecular formula is C14H7F3N2O2S. The lowest BCUT2D eigenvalue weighted by Gasteiger charge is -2.10. The standard InChI is InChI=1S/C14H7F3N2O2S/c15-14(16,17)13-7-12(4-1-9(13)8-18)22-11-5-2-10(3-6-11)19(20)21/h1-7H. The minimum atomic E-state index is -4.61. The lowest BCUT2D eigenvalue weighted by molar-refractivity contribution is -0.384. The molecule has 0 amide bonds. The zero-order valence-electron chi connectivity index (χ0n) is 10.8. The van der Waals surface area contributed by atoms with E-state index in [9.17, 15) is 23.3 Å². The molecule has 0 bridgehead atoms. The molecular weight excluding hydrogens is 317 g/mol. The van der Waals surface area contributed by atoms with Crippen molar-refractivity contribution >= 4 is 17.4 Å². The Bertz CT molecular complexity index is 752. The first-order chi connectivity index (χ1) is 10.3. The Morgan fingerprint density at radius 1 is 1.09 bits per heavy atom. The quantitative estimate of drug-likeness (QED) is 0.609. The van der Waals surface area contributed by atoms with Crippen LogP contribution < -0.4 is 0 Å². The molecule has 0 atom stereocenters. The number of nitro groups is 1. The molecule has 0 radical (unpaired) electrons. The number of non-ortho nitro benzene ring substituents is 1. The second-order valence-electron chi connectivity index (χ2n) is 4.17. The predicted molar refractivity (Wildman–Crippen MR) is 73.4 cm³/mol. The van der Waals surface area contributed by atoms with Crippen LogP contribution in [0.1, 0.15) is 11.1 Å². The maximum atomic E-state index is 12.9. The van der Waals surface area contributed by atoms with Crippen LogP contribution in [0.15, 0.2) is 52.3 Å². The fourth-order valence-corrected chi connectivity index (χ4v) is 2.55. The van der Waals surface area contributed by atoms with Gasteiger partial charge in [0.05, 0.1) is 22.1 Å². The molecule has 112 valence electrons. The van der Waals surface area contributed by atoms with E-state index in [0.717, 1.165) is 23.9 Å². The maximum Gasteiger partial charge on any atom is 0.417 e. The summed E-state index contributed by atoms with van der Waals surface area (Å²) in [6, 6.07) is 10.4. The Kier molecular flexibility index (Phi) is 4.37. The predicted octanol–water partition coefficient (Wildman–Crippen LogP) is 4.64. The molecule has 0 unspecified atom stereocenters. The lowest BCUT2D eigenvalue weighted by atomic mass is 10.1. The van der Waals surface area contributed by atoms with E-state index in [-0.39, 0.29) is 5.69 Å². The van der Waals surface area contributed by atoms with Gasteiger partial charge >= 0.3 is 6.18 Å². The summed E-state index contributed by atoms with van der Waals surface area (Å²) in [6.07, 6.45) is -4.61. The number of nitro benzene ring substituents is 1. The van der Waals surface area contributed by atoms with Gasteiger partial charge in [0.15, 0.2) is 0 Å². The second-order valence-corrected chi connectivity index (χ2v) is 5.32. The average molecular weight is 324 g/mol. The Labute approximate surface area is 127 Å². The monoisotopic (exact) mass is 324 g/mol. The Balaban J connectivity index is 2.30. The first kappa shape index (κ1) is 15.9. The van der Waals surface area contributed by atoms with Crippen molar-refractivity contribution in [2.24, 2.45) is 0 Å². The van der Waals surface area contributed by atoms with E-state index in [1.54, 1.807) is 0 Å². The molecule has 0 saturated heterocycles. The van der Waals surface area contributed by atoms with Crippen molar-refractivity contribution < 1.29 is 18.1 Å². The third-order valence-electron chi connectivity index (χ3n) is 2.70. The van der Waals surface area contributed by atoms with Crippen molar-refractivity contribution in [1.82, 2.24) is 0 Å². The van der Waals surface area contributed by atoms with E-state index in [4.69, 9.17) is 5.26 Å². The van der Waals surface area contributed by atoms with Crippen molar-refractivity contribution in [3.8, 4) is 6.07 Å². The summed E-state index contributed by atoms with van der Waals surface area (Å²) in [5, 5.41) is 19.3. The van der Waals surface area contributed by atoms with Gasteiger partial charge in [-0.05, 0) is 30.3 Å². The molecule has 0 aliphatic rings. The van der Waals surface area contributed by atoms with Gasteiger partial charge in [0.25, 0.3) is 5.69 Å². The van der Waals surface area contributed by atoms with Gasteiger partial charge < -0.3 is 0 Å². The summed E-state index contributed by atoms with van der Waals surface area (Å²) in [7, 11) is 0. The van der Waals surface area contributed by atoms with Gasteiger partial charge in [-0.2, -0.15) is 18.4 Å². The van der Waals surface area contributed by atoms with Crippen LogP contribution in [0.3, 0.4) is 0 Å². The van der Waals surface area contributed by atoms with Crippen molar-refractivity contribution in [1.29, 1.82) is 5.26 Å². The van der Waals surface area contributed by atoms with Gasteiger partial charge in [-0.15, -0.1) is 0 Å². The fourth-order valence-electron chi connectivity index (χ4n) is 1.69. The molecule has 0 aromatic heterocycles. The van der Waals surface area contributed by atoms with E-state index in [0.29, 0.717) is 9.79 Å². The third-order valence-corrected chi connectivity index (χ3v) is 3.70. The van der Waals surface area contributed by atoms with Crippen LogP contribution in [0.25, 0.3) is 0 Å². The topological polar surface area (TPSA) is 66.9 Å². The number of alkyl halides is 3. The summed E-state index contributed by atoms with van der Waals surface area (Å²) >= 11 is 1.03. The van der Waals surface area contributed by atoms with Gasteiger partial charge in [-0.25, -0.2) is 0 Å². The van der Waals surface area contributed by atoms with Gasteiger partial charge in [0.2, 0.25) is 0 Å². The summed E-state index contributed by atoms with van der Waals surface area (Å²) in [5.74, 6) is 0. The summed E-state index contributed by atoms with van der Waals surface area (Å²) in [5.41, 5.74) is -1.54. The molecule has 0 aliphatic heterocycles. The molecule has 2 aromatic carbocycles. The summed E-state index contributed by atoms with van der Waals surface area (Å²) in [6.45, 7) is 0. The summed E-state index contributed by atoms with van der Waals surface area (Å²) in [4.78, 5) is 10.8. The largest absolute Gasteiger partial charge is 0.417 e. The van der Waals surface area contributed by atoms with Crippen LogP contribution in [-0.4, -0.2) is 4.92 Å². The molecule has 0 saturated carbocycles. The van der Waals surface area contributed by atoms with E-state index >= 15 is 0 Å². The average Bonchev–Trinajstić information content (AvgIpc) is 2.47. The van der Waals surface area contributed by atoms with E-state index in [2.05, 4.69) is 0 Å². The first-order valence-electron chi connectivity index (χ1n) is 5.85. The Morgan fingerprint density at radius 3 is 2.18 bits per heavy atom. The lowest BCUT2D eigenvalue weighted by Crippen LogP contribution is -2.07. The van der Waals surface area contributed by atoms with Gasteiger partial charge in [-0.1, -0.05) is 11.8 Å². The highest BCUT2D eigenvalue weighted by atomic mass is 32.2. The number of nitrogens with zero attached hydrogens (tertiary/aromatic N) is 2. The van der Waals surface area contributed by atoms with Crippen molar-refractivity contribution in [3.63, 3.8) is 0 Å². The van der Waals surface area contributed by atoms with Crippen LogP contribution >= 0.6 is 11.8 Å². The minimum absolute atomic E-state index is 0.0971. The number of halogens is 3. The highest BCUT2D eigenvalue weighted by Gasteiger charge is 2.33. The van der Waals surface area contributed by atoms with Crippen LogP contribution in [0, 0.1) is 21.4 Å². The molecule has 0 spiro atoms. The Morgan fingerprint density at radius 2 is 1.68 bits per heavy atom. The molecule has 0 aliphatic carbocycles. The SMILES string of the molecule is N#Cc1ccc(Sc2ccc([N+](=O)[O-])cc2)cc1C(F)(F)F. The van der Waals surface area contributed by atoms with Crippen molar-refractivity contribution in [3.05, 3.63) is 63.7 Å². The number of hydrogen-bond acceptors (Lipinski definition) is 4. The van der Waals surface area contributed by atoms with Crippen molar-refractivity contribution in [2.45, 2.75) is 16.0 Å². The van der Waals surface area contributed by atoms with Crippen molar-refractivity contribution in [2.75, 3.05) is 0 Å².